The lowest BCUT2D eigenvalue weighted by Crippen LogP contribution is -2.57. The lowest BCUT2D eigenvalue weighted by atomic mass is 9.83. The number of rotatable bonds is 9. The third-order valence-corrected chi connectivity index (χ3v) is 7.52. The maximum atomic E-state index is 13.4. The van der Waals surface area contributed by atoms with Gasteiger partial charge in [0.2, 0.25) is 5.91 Å². The summed E-state index contributed by atoms with van der Waals surface area (Å²) in [6, 6.07) is 15.8. The van der Waals surface area contributed by atoms with E-state index < -0.39 is 23.7 Å². The number of methoxy groups -OCH3 is 1. The summed E-state index contributed by atoms with van der Waals surface area (Å²) in [6.45, 7) is 3.17. The number of H-pyrrole nitrogens is 1. The first kappa shape index (κ1) is 31.6. The Morgan fingerprint density at radius 1 is 1.05 bits per heavy atom. The van der Waals surface area contributed by atoms with Crippen molar-refractivity contribution in [2.24, 2.45) is 0 Å². The number of hydrogen-bond donors (Lipinski definition) is 4. The molecule has 1 unspecified atom stereocenters. The second-order valence-corrected chi connectivity index (χ2v) is 10.2. The van der Waals surface area contributed by atoms with Gasteiger partial charge in [-0.3, -0.25) is 19.8 Å². The van der Waals surface area contributed by atoms with E-state index in [4.69, 9.17) is 24.5 Å². The van der Waals surface area contributed by atoms with Crippen molar-refractivity contribution in [3.05, 3.63) is 59.8 Å². The number of carbonyl (C=O) groups excluding carboxylic acids is 1. The maximum absolute atomic E-state index is 13.4. The Morgan fingerprint density at radius 3 is 2.42 bits per heavy atom. The zero-order valence-corrected chi connectivity index (χ0v) is 23.4. The van der Waals surface area contributed by atoms with Crippen LogP contribution in [0.1, 0.15) is 17.7 Å². The molecule has 1 atom stereocenters. The fourth-order valence-electron chi connectivity index (χ4n) is 5.61. The molecule has 3 aromatic rings. The summed E-state index contributed by atoms with van der Waals surface area (Å²) in [5, 5.41) is 20.0. The Labute approximate surface area is 245 Å². The van der Waals surface area contributed by atoms with E-state index in [2.05, 4.69) is 21.3 Å². The van der Waals surface area contributed by atoms with Crippen molar-refractivity contribution in [2.45, 2.75) is 24.6 Å². The first-order valence-corrected chi connectivity index (χ1v) is 13.6. The smallest absolute Gasteiger partial charge is 0.490 e. The van der Waals surface area contributed by atoms with Gasteiger partial charge in [0.1, 0.15) is 18.1 Å². The quantitative estimate of drug-likeness (QED) is 0.289. The number of aromatic amines is 1. The third kappa shape index (κ3) is 7.38. The van der Waals surface area contributed by atoms with Gasteiger partial charge in [-0.15, -0.1) is 0 Å². The van der Waals surface area contributed by atoms with E-state index in [0.29, 0.717) is 19.7 Å². The van der Waals surface area contributed by atoms with Crippen LogP contribution < -0.4 is 14.8 Å². The Kier molecular flexibility index (Phi) is 9.81. The van der Waals surface area contributed by atoms with Crippen LogP contribution in [0, 0.1) is 0 Å². The minimum Gasteiger partial charge on any atom is -0.497 e. The predicted octanol–water partition coefficient (Wildman–Crippen LogP) is 2.85. The summed E-state index contributed by atoms with van der Waals surface area (Å²) in [5.41, 5.74) is 2.84. The molecule has 1 aromatic heterocycles. The molecule has 14 heteroatoms. The van der Waals surface area contributed by atoms with Crippen molar-refractivity contribution in [1.82, 2.24) is 20.1 Å². The Bertz CT molecular complexity index is 1450. The van der Waals surface area contributed by atoms with Gasteiger partial charge >= 0.3 is 18.1 Å². The van der Waals surface area contributed by atoms with Crippen molar-refractivity contribution in [1.29, 1.82) is 0 Å². The van der Waals surface area contributed by atoms with Crippen LogP contribution in [-0.2, 0) is 26.3 Å². The van der Waals surface area contributed by atoms with Crippen LogP contribution in [0.2, 0.25) is 0 Å². The predicted molar refractivity (Wildman–Crippen MR) is 149 cm³/mol. The molecule has 43 heavy (non-hydrogen) atoms. The molecule has 0 saturated carbocycles. The van der Waals surface area contributed by atoms with Gasteiger partial charge in [-0.05, 0) is 48.7 Å². The van der Waals surface area contributed by atoms with Crippen LogP contribution in [-0.4, -0.2) is 102 Å². The highest BCUT2D eigenvalue weighted by Gasteiger charge is 2.50. The molecule has 232 valence electrons. The van der Waals surface area contributed by atoms with Gasteiger partial charge in [0.05, 0.1) is 25.7 Å². The van der Waals surface area contributed by atoms with Crippen LogP contribution in [0.4, 0.5) is 13.2 Å². The molecule has 0 radical (unpaired) electrons. The Hall–Kier alpha value is -4.30. The largest absolute Gasteiger partial charge is 0.497 e. The minimum absolute atomic E-state index is 0.00540. The van der Waals surface area contributed by atoms with Crippen LogP contribution in [0.25, 0.3) is 10.9 Å². The summed E-state index contributed by atoms with van der Waals surface area (Å²) in [7, 11) is 1.67. The zero-order chi connectivity index (χ0) is 31.2. The second kappa shape index (κ2) is 13.3. The minimum atomic E-state index is -5.08. The van der Waals surface area contributed by atoms with Crippen molar-refractivity contribution in [2.75, 3.05) is 53.0 Å². The highest BCUT2D eigenvalue weighted by molar-refractivity contribution is 5.88. The molecule has 2 aromatic carbocycles. The molecular formula is C29H33F3N4O7. The van der Waals surface area contributed by atoms with E-state index in [-0.39, 0.29) is 19.0 Å². The van der Waals surface area contributed by atoms with Crippen molar-refractivity contribution >= 4 is 28.7 Å². The normalized spacial score (nSPS) is 18.2. The number of nitrogens with one attached hydrogen (secondary N) is 2. The molecule has 11 nitrogen and oxygen atoms in total. The third-order valence-electron chi connectivity index (χ3n) is 7.52. The van der Waals surface area contributed by atoms with Crippen molar-refractivity contribution < 1.29 is 47.2 Å². The van der Waals surface area contributed by atoms with Crippen LogP contribution in [0.5, 0.6) is 11.5 Å². The lowest BCUT2D eigenvalue weighted by Gasteiger charge is -2.45. The molecule has 1 spiro atoms. The molecule has 0 bridgehead atoms. The molecule has 0 aliphatic carbocycles. The number of amides is 1. The van der Waals surface area contributed by atoms with E-state index in [1.165, 1.54) is 5.56 Å². The SMILES string of the molecule is COc1ccc2[nH]c3c(c2c1)CCN(C(=O)CNCC(=O)O)C31CCN(CCOc2ccccc2)C1.O=C(O)C(F)(F)F. The molecular weight excluding hydrogens is 573 g/mol. The summed E-state index contributed by atoms with van der Waals surface area (Å²) in [6.07, 6.45) is -3.56. The second-order valence-electron chi connectivity index (χ2n) is 10.2. The molecule has 4 N–H and O–H groups in total. The van der Waals surface area contributed by atoms with Gasteiger partial charge in [0, 0.05) is 42.8 Å². The number of aromatic nitrogens is 1. The van der Waals surface area contributed by atoms with Gasteiger partial charge in [-0.25, -0.2) is 4.79 Å². The number of carboxylic acid groups (broad SMARTS) is 2. The van der Waals surface area contributed by atoms with Gasteiger partial charge in [-0.2, -0.15) is 13.2 Å². The van der Waals surface area contributed by atoms with Crippen LogP contribution in [0.15, 0.2) is 48.5 Å². The highest BCUT2D eigenvalue weighted by atomic mass is 19.4. The number of nitrogens with zero attached hydrogens (tertiary/aromatic N) is 2. The van der Waals surface area contributed by atoms with E-state index in [1.807, 2.05) is 47.4 Å². The summed E-state index contributed by atoms with van der Waals surface area (Å²) >= 11 is 0. The zero-order valence-electron chi connectivity index (χ0n) is 23.4. The summed E-state index contributed by atoms with van der Waals surface area (Å²) < 4.78 is 43.1. The number of hydrogen-bond acceptors (Lipinski definition) is 7. The summed E-state index contributed by atoms with van der Waals surface area (Å²) in [5.74, 6) is -2.17. The number of para-hydroxylation sites is 1. The average Bonchev–Trinajstić information content (AvgIpc) is 3.56. The number of alkyl halides is 3. The molecule has 1 fully saturated rings. The van der Waals surface area contributed by atoms with E-state index in [0.717, 1.165) is 54.0 Å². The molecule has 1 amide bonds. The van der Waals surface area contributed by atoms with Crippen molar-refractivity contribution in [3.8, 4) is 11.5 Å². The first-order valence-electron chi connectivity index (χ1n) is 13.6. The molecule has 5 rings (SSSR count). The van der Waals surface area contributed by atoms with Gasteiger partial charge < -0.3 is 29.6 Å². The van der Waals surface area contributed by atoms with E-state index >= 15 is 0 Å². The number of aliphatic carboxylic acids is 2. The standard InChI is InChI=1S/C27H32N4O5.C2HF3O2/c1-35-20-7-8-23-22(15-20)21-9-11-31(24(32)16-28-17-25(33)34)27(26(21)29-23)10-12-30(18-27)13-14-36-19-5-3-2-4-6-19;3-2(4,5)1(6)7/h2-8,15,28-29H,9-14,16-18H2,1H3,(H,33,34);(H,6,7). The fourth-order valence-corrected chi connectivity index (χ4v) is 5.61. The van der Waals surface area contributed by atoms with E-state index in [9.17, 15) is 22.8 Å². The highest BCUT2D eigenvalue weighted by Crippen LogP contribution is 2.45. The van der Waals surface area contributed by atoms with Gasteiger partial charge in [-0.1, -0.05) is 18.2 Å². The number of fused-ring (bicyclic) bond motifs is 4. The monoisotopic (exact) mass is 606 g/mol. The average molecular weight is 607 g/mol. The molecule has 2 aliphatic heterocycles. The number of likely N-dealkylation sites (tertiary alicyclic amines) is 1. The van der Waals surface area contributed by atoms with Gasteiger partial charge in [0.15, 0.2) is 0 Å². The number of halogens is 3. The Morgan fingerprint density at radius 2 is 1.77 bits per heavy atom. The van der Waals surface area contributed by atoms with E-state index in [1.54, 1.807) is 7.11 Å². The number of carboxylic acids is 2. The first-order chi connectivity index (χ1) is 20.4. The molecule has 2 aliphatic rings. The molecule has 1 saturated heterocycles. The summed E-state index contributed by atoms with van der Waals surface area (Å²) in [4.78, 5) is 41.1. The van der Waals surface area contributed by atoms with Crippen LogP contribution >= 0.6 is 0 Å². The molecule has 3 heterocycles. The maximum Gasteiger partial charge on any atom is 0.490 e. The Balaban J connectivity index is 0.000000541. The number of carbonyl (C=O) groups is 3. The van der Waals surface area contributed by atoms with Crippen molar-refractivity contribution in [3.63, 3.8) is 0 Å². The fraction of sp³-hybridized carbons (Fsp3) is 0.414. The van der Waals surface area contributed by atoms with Crippen LogP contribution in [0.3, 0.4) is 0 Å². The topological polar surface area (TPSA) is 144 Å². The number of ether oxygens (including phenoxy) is 2. The van der Waals surface area contributed by atoms with Gasteiger partial charge in [0.25, 0.3) is 0 Å². The number of benzene rings is 2. The lowest BCUT2D eigenvalue weighted by molar-refractivity contribution is -0.192.